The van der Waals surface area contributed by atoms with Crippen molar-refractivity contribution in [3.8, 4) is 0 Å². The van der Waals surface area contributed by atoms with E-state index in [4.69, 9.17) is 11.6 Å². The van der Waals surface area contributed by atoms with E-state index in [1.807, 2.05) is 49.4 Å². The van der Waals surface area contributed by atoms with E-state index in [-0.39, 0.29) is 24.2 Å². The van der Waals surface area contributed by atoms with Crippen LogP contribution in [0.25, 0.3) is 0 Å². The third-order valence-electron chi connectivity index (χ3n) is 4.26. The van der Waals surface area contributed by atoms with Crippen molar-refractivity contribution in [3.05, 3.63) is 59.6 Å². The fourth-order valence-corrected chi connectivity index (χ4v) is 3.16. The summed E-state index contributed by atoms with van der Waals surface area (Å²) in [7, 11) is 0. The number of hydrogen-bond acceptors (Lipinski definition) is 2. The van der Waals surface area contributed by atoms with Crippen LogP contribution in [0.15, 0.2) is 54.6 Å². The van der Waals surface area contributed by atoms with Crippen molar-refractivity contribution in [2.24, 2.45) is 5.92 Å². The molecule has 3 rings (SSSR count). The summed E-state index contributed by atoms with van der Waals surface area (Å²) < 4.78 is 0. The van der Waals surface area contributed by atoms with Crippen LogP contribution in [0.2, 0.25) is 5.02 Å². The zero-order valence-electron chi connectivity index (χ0n) is 13.5. The van der Waals surface area contributed by atoms with E-state index < -0.39 is 0 Å². The highest BCUT2D eigenvalue weighted by Crippen LogP contribution is 2.28. The minimum absolute atomic E-state index is 0.00601. The fraction of sp³-hybridized carbons (Fsp3) is 0.263. The molecule has 1 heterocycles. The number of halogens is 1. The van der Waals surface area contributed by atoms with E-state index in [0.29, 0.717) is 18.1 Å². The quantitative estimate of drug-likeness (QED) is 0.849. The first-order valence-electron chi connectivity index (χ1n) is 8.02. The van der Waals surface area contributed by atoms with Gasteiger partial charge < -0.3 is 9.80 Å². The number of carbonyl (C=O) groups is 2. The van der Waals surface area contributed by atoms with Gasteiger partial charge in [-0.15, -0.1) is 0 Å². The van der Waals surface area contributed by atoms with Gasteiger partial charge in [0.15, 0.2) is 0 Å². The van der Waals surface area contributed by atoms with E-state index >= 15 is 0 Å². The zero-order valence-corrected chi connectivity index (χ0v) is 14.2. The number of benzene rings is 2. The van der Waals surface area contributed by atoms with E-state index in [0.717, 1.165) is 11.4 Å². The number of hydrogen-bond donors (Lipinski definition) is 0. The second-order valence-corrected chi connectivity index (χ2v) is 6.24. The summed E-state index contributed by atoms with van der Waals surface area (Å²) in [6.45, 7) is 2.93. The molecule has 1 aliphatic heterocycles. The van der Waals surface area contributed by atoms with Crippen LogP contribution >= 0.6 is 11.6 Å². The predicted octanol–water partition coefficient (Wildman–Crippen LogP) is 3.75. The van der Waals surface area contributed by atoms with Crippen LogP contribution < -0.4 is 9.80 Å². The van der Waals surface area contributed by atoms with Gasteiger partial charge in [-0.2, -0.15) is 0 Å². The highest BCUT2D eigenvalue weighted by atomic mass is 35.5. The normalized spacial score (nSPS) is 17.2. The van der Waals surface area contributed by atoms with Gasteiger partial charge in [0, 0.05) is 35.9 Å². The Bertz CT molecular complexity index is 731. The van der Waals surface area contributed by atoms with Gasteiger partial charge in [-0.25, -0.2) is 0 Å². The van der Waals surface area contributed by atoms with Crippen LogP contribution in [-0.4, -0.2) is 24.9 Å². The molecule has 2 aromatic rings. The Balaban J connectivity index is 1.77. The molecule has 0 saturated carbocycles. The monoisotopic (exact) mass is 342 g/mol. The Morgan fingerprint density at radius 1 is 1.17 bits per heavy atom. The van der Waals surface area contributed by atoms with Crippen LogP contribution in [0.4, 0.5) is 11.4 Å². The third-order valence-corrected chi connectivity index (χ3v) is 4.51. The Kier molecular flexibility index (Phi) is 4.86. The Morgan fingerprint density at radius 3 is 2.46 bits per heavy atom. The lowest BCUT2D eigenvalue weighted by molar-refractivity contribution is -0.124. The van der Waals surface area contributed by atoms with E-state index in [1.54, 1.807) is 21.9 Å². The maximum atomic E-state index is 12.9. The SMILES string of the molecule is CCN(C(=O)[C@@H]1CC(=O)N(c2ccc(Cl)cc2)C1)c1ccccc1. The topological polar surface area (TPSA) is 40.6 Å². The molecule has 0 unspecified atom stereocenters. The first kappa shape index (κ1) is 16.5. The Labute approximate surface area is 146 Å². The molecule has 0 N–H and O–H groups in total. The molecule has 4 nitrogen and oxygen atoms in total. The smallest absolute Gasteiger partial charge is 0.232 e. The van der Waals surface area contributed by atoms with Crippen molar-refractivity contribution in [3.63, 3.8) is 0 Å². The van der Waals surface area contributed by atoms with Crippen LogP contribution in [0.1, 0.15) is 13.3 Å². The number of anilines is 2. The molecule has 0 aliphatic carbocycles. The largest absolute Gasteiger partial charge is 0.312 e. The molecule has 1 aliphatic rings. The molecule has 0 aromatic heterocycles. The highest BCUT2D eigenvalue weighted by Gasteiger charge is 2.37. The zero-order chi connectivity index (χ0) is 17.1. The summed E-state index contributed by atoms with van der Waals surface area (Å²) in [4.78, 5) is 28.6. The summed E-state index contributed by atoms with van der Waals surface area (Å²) in [5.41, 5.74) is 1.64. The van der Waals surface area contributed by atoms with Crippen molar-refractivity contribution >= 4 is 34.8 Å². The lowest BCUT2D eigenvalue weighted by Crippen LogP contribution is -2.37. The van der Waals surface area contributed by atoms with Gasteiger partial charge in [0.25, 0.3) is 0 Å². The first-order valence-corrected chi connectivity index (χ1v) is 8.40. The standard InChI is InChI=1S/C19H19ClN2O2/c1-2-21(16-6-4-3-5-7-16)19(24)14-12-18(23)22(13-14)17-10-8-15(20)9-11-17/h3-11,14H,2,12-13H2,1H3/t14-/m1/s1. The molecule has 1 atom stereocenters. The number of carbonyl (C=O) groups excluding carboxylic acids is 2. The molecule has 0 bridgehead atoms. The van der Waals surface area contributed by atoms with Crippen LogP contribution in [0.3, 0.4) is 0 Å². The van der Waals surface area contributed by atoms with Gasteiger partial charge in [-0.1, -0.05) is 29.8 Å². The molecular weight excluding hydrogens is 324 g/mol. The van der Waals surface area contributed by atoms with Crippen molar-refractivity contribution < 1.29 is 9.59 Å². The lowest BCUT2D eigenvalue weighted by atomic mass is 10.1. The molecule has 0 radical (unpaired) electrons. The maximum Gasteiger partial charge on any atom is 0.232 e. The summed E-state index contributed by atoms with van der Waals surface area (Å²) in [5.74, 6) is -0.360. The molecule has 1 fully saturated rings. The average molecular weight is 343 g/mol. The maximum absolute atomic E-state index is 12.9. The molecule has 0 spiro atoms. The number of rotatable bonds is 4. The minimum Gasteiger partial charge on any atom is -0.312 e. The highest BCUT2D eigenvalue weighted by molar-refractivity contribution is 6.30. The van der Waals surface area contributed by atoms with Gasteiger partial charge in [0.1, 0.15) is 0 Å². The second-order valence-electron chi connectivity index (χ2n) is 5.80. The van der Waals surface area contributed by atoms with Crippen molar-refractivity contribution in [1.82, 2.24) is 0 Å². The molecular formula is C19H19ClN2O2. The third kappa shape index (κ3) is 3.29. The Morgan fingerprint density at radius 2 is 1.83 bits per heavy atom. The van der Waals surface area contributed by atoms with Crippen LogP contribution in [-0.2, 0) is 9.59 Å². The van der Waals surface area contributed by atoms with Crippen molar-refractivity contribution in [2.45, 2.75) is 13.3 Å². The average Bonchev–Trinajstić information content (AvgIpc) is 2.99. The second kappa shape index (κ2) is 7.05. The summed E-state index contributed by atoms with van der Waals surface area (Å²) in [6.07, 6.45) is 0.241. The fourth-order valence-electron chi connectivity index (χ4n) is 3.04. The molecule has 124 valence electrons. The number of amides is 2. The summed E-state index contributed by atoms with van der Waals surface area (Å²) in [6, 6.07) is 16.7. The molecule has 2 amide bonds. The van der Waals surface area contributed by atoms with Crippen molar-refractivity contribution in [2.75, 3.05) is 22.9 Å². The first-order chi connectivity index (χ1) is 11.6. The predicted molar refractivity (Wildman–Crippen MR) is 96.4 cm³/mol. The molecule has 24 heavy (non-hydrogen) atoms. The molecule has 5 heteroatoms. The lowest BCUT2D eigenvalue weighted by Gasteiger charge is -2.24. The van der Waals surface area contributed by atoms with Crippen LogP contribution in [0.5, 0.6) is 0 Å². The van der Waals surface area contributed by atoms with E-state index in [2.05, 4.69) is 0 Å². The van der Waals surface area contributed by atoms with Crippen molar-refractivity contribution in [1.29, 1.82) is 0 Å². The van der Waals surface area contributed by atoms with E-state index in [1.165, 1.54) is 0 Å². The number of nitrogens with zero attached hydrogens (tertiary/aromatic N) is 2. The van der Waals surface area contributed by atoms with Gasteiger partial charge in [-0.05, 0) is 43.3 Å². The van der Waals surface area contributed by atoms with Crippen LogP contribution in [0, 0.1) is 5.92 Å². The van der Waals surface area contributed by atoms with Gasteiger partial charge in [-0.3, -0.25) is 9.59 Å². The van der Waals surface area contributed by atoms with Gasteiger partial charge >= 0.3 is 0 Å². The van der Waals surface area contributed by atoms with Gasteiger partial charge in [0.05, 0.1) is 5.92 Å². The summed E-state index contributed by atoms with van der Waals surface area (Å²) >= 11 is 5.90. The molecule has 2 aromatic carbocycles. The van der Waals surface area contributed by atoms with E-state index in [9.17, 15) is 9.59 Å². The number of para-hydroxylation sites is 1. The minimum atomic E-state index is -0.326. The van der Waals surface area contributed by atoms with Gasteiger partial charge in [0.2, 0.25) is 11.8 Å². The summed E-state index contributed by atoms with van der Waals surface area (Å²) in [5, 5.41) is 0.624. The Hall–Kier alpha value is -2.33. The molecule has 1 saturated heterocycles.